The van der Waals surface area contributed by atoms with Crippen LogP contribution in [0.5, 0.6) is 0 Å². The Kier molecular flexibility index (Phi) is 1.67. The minimum absolute atomic E-state index is 0.0880. The third-order valence-electron chi connectivity index (χ3n) is 1.55. The summed E-state index contributed by atoms with van der Waals surface area (Å²) >= 11 is 0. The molecule has 1 N–H and O–H groups in total. The third kappa shape index (κ3) is 1.01. The molecule has 1 aliphatic heterocycles. The maximum Gasteiger partial charge on any atom is 0.0758 e. The van der Waals surface area contributed by atoms with Crippen LogP contribution in [-0.4, -0.2) is 13.1 Å². The second kappa shape index (κ2) is 2.48. The van der Waals surface area contributed by atoms with Crippen molar-refractivity contribution >= 4 is 0 Å². The Hall–Kier alpha value is -1.06. The van der Waals surface area contributed by atoms with Gasteiger partial charge in [0.15, 0.2) is 0 Å². The number of nitrogens with zero attached hydrogens (tertiary/aromatic N) is 2. The molecule has 0 radical (unpaired) electrons. The van der Waals surface area contributed by atoms with Gasteiger partial charge in [-0.25, -0.2) is 0 Å². The molecule has 1 heterocycles. The molecule has 46 valence electrons. The highest BCUT2D eigenvalue weighted by Gasteiger charge is 2.25. The summed E-state index contributed by atoms with van der Waals surface area (Å²) in [5, 5.41) is 19.8. The number of rotatable bonds is 0. The molecular formula is C6H7N3. The van der Waals surface area contributed by atoms with Gasteiger partial charge in [0, 0.05) is 13.1 Å². The maximum atomic E-state index is 8.43. The van der Waals surface area contributed by atoms with Gasteiger partial charge in [-0.15, -0.1) is 0 Å². The molecule has 0 aliphatic carbocycles. The highest BCUT2D eigenvalue weighted by molar-refractivity contribution is 5.03. The van der Waals surface area contributed by atoms with Crippen LogP contribution in [0.3, 0.4) is 0 Å². The molecule has 0 spiro atoms. The van der Waals surface area contributed by atoms with Gasteiger partial charge in [0.1, 0.15) is 0 Å². The summed E-state index contributed by atoms with van der Waals surface area (Å²) in [6.45, 7) is 1.35. The summed E-state index contributed by atoms with van der Waals surface area (Å²) in [5.41, 5.74) is 0. The summed E-state index contributed by atoms with van der Waals surface area (Å²) in [4.78, 5) is 0. The molecule has 3 heteroatoms. The van der Waals surface area contributed by atoms with Gasteiger partial charge in [-0.3, -0.25) is 0 Å². The number of hydrogen-bond donors (Lipinski definition) is 1. The molecule has 0 saturated carbocycles. The van der Waals surface area contributed by atoms with Gasteiger partial charge in [-0.1, -0.05) is 0 Å². The monoisotopic (exact) mass is 121 g/mol. The van der Waals surface area contributed by atoms with E-state index < -0.39 is 0 Å². The minimum Gasteiger partial charge on any atom is -0.314 e. The first-order valence-corrected chi connectivity index (χ1v) is 2.88. The fraction of sp³-hybridized carbons (Fsp3) is 0.667. The lowest BCUT2D eigenvalue weighted by atomic mass is 10.00. The fourth-order valence-electron chi connectivity index (χ4n) is 0.950. The van der Waals surface area contributed by atoms with Crippen LogP contribution in [0, 0.1) is 34.5 Å². The Morgan fingerprint density at radius 3 is 1.89 bits per heavy atom. The summed E-state index contributed by atoms with van der Waals surface area (Å²) in [5.74, 6) is -0.176. The van der Waals surface area contributed by atoms with Crippen molar-refractivity contribution in [1.29, 1.82) is 10.5 Å². The molecule has 3 nitrogen and oxygen atoms in total. The van der Waals surface area contributed by atoms with Gasteiger partial charge in [0.2, 0.25) is 0 Å². The maximum absolute atomic E-state index is 8.43. The molecule has 2 atom stereocenters. The van der Waals surface area contributed by atoms with E-state index in [0.29, 0.717) is 13.1 Å². The van der Waals surface area contributed by atoms with Gasteiger partial charge in [0.25, 0.3) is 0 Å². The molecule has 0 amide bonds. The van der Waals surface area contributed by atoms with Crippen LogP contribution in [0.4, 0.5) is 0 Å². The first-order valence-electron chi connectivity index (χ1n) is 2.88. The lowest BCUT2D eigenvalue weighted by molar-refractivity contribution is 0.626. The van der Waals surface area contributed by atoms with E-state index in [0.717, 1.165) is 0 Å². The number of nitriles is 2. The molecular weight excluding hydrogens is 114 g/mol. The zero-order valence-corrected chi connectivity index (χ0v) is 4.96. The normalized spacial score (nSPS) is 33.1. The zero-order valence-electron chi connectivity index (χ0n) is 4.96. The van der Waals surface area contributed by atoms with Crippen molar-refractivity contribution in [3.05, 3.63) is 0 Å². The number of nitrogens with one attached hydrogen (secondary N) is 1. The molecule has 0 aromatic rings. The zero-order chi connectivity index (χ0) is 6.69. The lowest BCUT2D eigenvalue weighted by Crippen LogP contribution is -2.07. The van der Waals surface area contributed by atoms with E-state index in [4.69, 9.17) is 10.5 Å². The average Bonchev–Trinajstić information content (AvgIpc) is 2.33. The van der Waals surface area contributed by atoms with E-state index in [9.17, 15) is 0 Å². The van der Waals surface area contributed by atoms with E-state index in [1.165, 1.54) is 0 Å². The highest BCUT2D eigenvalue weighted by Crippen LogP contribution is 2.13. The highest BCUT2D eigenvalue weighted by atomic mass is 14.9. The largest absolute Gasteiger partial charge is 0.314 e. The Labute approximate surface area is 53.9 Å². The molecule has 1 aliphatic rings. The second-order valence-electron chi connectivity index (χ2n) is 2.13. The Morgan fingerprint density at radius 2 is 1.56 bits per heavy atom. The minimum atomic E-state index is -0.0880. The average molecular weight is 121 g/mol. The van der Waals surface area contributed by atoms with Crippen LogP contribution in [0.15, 0.2) is 0 Å². The summed E-state index contributed by atoms with van der Waals surface area (Å²) in [6, 6.07) is 4.16. The molecule has 0 aromatic carbocycles. The van der Waals surface area contributed by atoms with Gasteiger partial charge in [0.05, 0.1) is 24.0 Å². The fourth-order valence-corrected chi connectivity index (χ4v) is 0.950. The standard InChI is InChI=1S/C6H7N3/c7-1-5-3-9-4-6(5)2-8/h5-6,9H,3-4H2. The summed E-state index contributed by atoms with van der Waals surface area (Å²) < 4.78 is 0. The molecule has 1 fully saturated rings. The Morgan fingerprint density at radius 1 is 1.11 bits per heavy atom. The van der Waals surface area contributed by atoms with Gasteiger partial charge >= 0.3 is 0 Å². The summed E-state index contributed by atoms with van der Waals surface area (Å²) in [7, 11) is 0. The van der Waals surface area contributed by atoms with Crippen LogP contribution in [0.1, 0.15) is 0 Å². The van der Waals surface area contributed by atoms with E-state index in [-0.39, 0.29) is 11.8 Å². The van der Waals surface area contributed by atoms with Gasteiger partial charge < -0.3 is 5.32 Å². The molecule has 2 unspecified atom stereocenters. The van der Waals surface area contributed by atoms with E-state index in [2.05, 4.69) is 17.5 Å². The smallest absolute Gasteiger partial charge is 0.0758 e. The van der Waals surface area contributed by atoms with Crippen molar-refractivity contribution in [3.8, 4) is 12.1 Å². The van der Waals surface area contributed by atoms with Crippen molar-refractivity contribution in [2.45, 2.75) is 0 Å². The molecule has 0 aromatic heterocycles. The predicted molar refractivity (Wildman–Crippen MR) is 31.1 cm³/mol. The number of hydrogen-bond acceptors (Lipinski definition) is 3. The second-order valence-corrected chi connectivity index (χ2v) is 2.13. The van der Waals surface area contributed by atoms with E-state index >= 15 is 0 Å². The van der Waals surface area contributed by atoms with Gasteiger partial charge in [-0.2, -0.15) is 10.5 Å². The SMILES string of the molecule is N#CC1CNCC1C#N. The van der Waals surface area contributed by atoms with Crippen LogP contribution >= 0.6 is 0 Å². The lowest BCUT2D eigenvalue weighted by Gasteiger charge is -1.97. The molecule has 1 saturated heterocycles. The third-order valence-corrected chi connectivity index (χ3v) is 1.55. The van der Waals surface area contributed by atoms with Crippen molar-refractivity contribution in [1.82, 2.24) is 5.32 Å². The van der Waals surface area contributed by atoms with Crippen molar-refractivity contribution in [2.24, 2.45) is 11.8 Å². The van der Waals surface area contributed by atoms with Crippen molar-refractivity contribution < 1.29 is 0 Å². The molecule has 1 rings (SSSR count). The first kappa shape index (κ1) is 6.07. The topological polar surface area (TPSA) is 59.6 Å². The van der Waals surface area contributed by atoms with Crippen LogP contribution in [0.2, 0.25) is 0 Å². The Balaban J connectivity index is 2.57. The molecule has 9 heavy (non-hydrogen) atoms. The van der Waals surface area contributed by atoms with E-state index in [1.807, 2.05) is 0 Å². The van der Waals surface area contributed by atoms with Crippen molar-refractivity contribution in [3.63, 3.8) is 0 Å². The van der Waals surface area contributed by atoms with E-state index in [1.54, 1.807) is 0 Å². The summed E-state index contributed by atoms with van der Waals surface area (Å²) in [6.07, 6.45) is 0. The predicted octanol–water partition coefficient (Wildman–Crippen LogP) is -0.131. The van der Waals surface area contributed by atoms with Crippen molar-refractivity contribution in [2.75, 3.05) is 13.1 Å². The van der Waals surface area contributed by atoms with Crippen LogP contribution in [-0.2, 0) is 0 Å². The van der Waals surface area contributed by atoms with Crippen LogP contribution in [0.25, 0.3) is 0 Å². The quantitative estimate of drug-likeness (QED) is 0.485. The first-order chi connectivity index (χ1) is 4.38. The Bertz CT molecular complexity index is 154. The molecule has 0 bridgehead atoms. The van der Waals surface area contributed by atoms with Crippen LogP contribution < -0.4 is 5.32 Å². The van der Waals surface area contributed by atoms with Gasteiger partial charge in [-0.05, 0) is 0 Å².